The van der Waals surface area contributed by atoms with E-state index in [1.54, 1.807) is 0 Å². The SMILES string of the molecule is CCCc1c(Cl)ncnc1N(C)CCc1ccccc1. The van der Waals surface area contributed by atoms with Crippen molar-refractivity contribution in [2.45, 2.75) is 26.2 Å². The van der Waals surface area contributed by atoms with E-state index >= 15 is 0 Å². The highest BCUT2D eigenvalue weighted by atomic mass is 35.5. The number of nitrogens with zero attached hydrogens (tertiary/aromatic N) is 3. The highest BCUT2D eigenvalue weighted by molar-refractivity contribution is 6.30. The van der Waals surface area contributed by atoms with Gasteiger partial charge in [0, 0.05) is 19.2 Å². The lowest BCUT2D eigenvalue weighted by Gasteiger charge is -2.21. The Labute approximate surface area is 125 Å². The lowest BCUT2D eigenvalue weighted by atomic mass is 10.1. The molecule has 0 saturated carbocycles. The number of likely N-dealkylation sites (N-methyl/N-ethyl adjacent to an activating group) is 1. The summed E-state index contributed by atoms with van der Waals surface area (Å²) in [7, 11) is 2.06. The van der Waals surface area contributed by atoms with Crippen molar-refractivity contribution in [3.05, 3.63) is 52.9 Å². The Kier molecular flexibility index (Phi) is 5.36. The molecule has 0 atom stereocenters. The third-order valence-electron chi connectivity index (χ3n) is 3.31. The molecular weight excluding hydrogens is 270 g/mol. The molecule has 0 aliphatic carbocycles. The first-order chi connectivity index (χ1) is 9.72. The van der Waals surface area contributed by atoms with E-state index in [2.05, 4.69) is 53.1 Å². The maximum absolute atomic E-state index is 6.19. The molecule has 0 fully saturated rings. The lowest BCUT2D eigenvalue weighted by Crippen LogP contribution is -2.23. The Hall–Kier alpha value is -1.61. The molecule has 0 radical (unpaired) electrons. The minimum atomic E-state index is 0.573. The molecule has 0 spiro atoms. The first-order valence-corrected chi connectivity index (χ1v) is 7.34. The number of rotatable bonds is 6. The zero-order valence-electron chi connectivity index (χ0n) is 12.0. The van der Waals surface area contributed by atoms with E-state index in [-0.39, 0.29) is 0 Å². The quantitative estimate of drug-likeness (QED) is 0.758. The fourth-order valence-corrected chi connectivity index (χ4v) is 2.45. The van der Waals surface area contributed by atoms with Crippen LogP contribution in [0.15, 0.2) is 36.7 Å². The summed E-state index contributed by atoms with van der Waals surface area (Å²) in [6.45, 7) is 3.05. The normalized spacial score (nSPS) is 10.6. The molecule has 0 bridgehead atoms. The number of halogens is 1. The minimum absolute atomic E-state index is 0.573. The van der Waals surface area contributed by atoms with E-state index in [4.69, 9.17) is 11.6 Å². The monoisotopic (exact) mass is 289 g/mol. The Morgan fingerprint density at radius 2 is 1.85 bits per heavy atom. The van der Waals surface area contributed by atoms with Gasteiger partial charge >= 0.3 is 0 Å². The van der Waals surface area contributed by atoms with E-state index in [9.17, 15) is 0 Å². The molecule has 1 aromatic heterocycles. The van der Waals surface area contributed by atoms with Gasteiger partial charge < -0.3 is 4.90 Å². The molecule has 20 heavy (non-hydrogen) atoms. The Morgan fingerprint density at radius 1 is 1.10 bits per heavy atom. The zero-order valence-corrected chi connectivity index (χ0v) is 12.8. The van der Waals surface area contributed by atoms with Crippen LogP contribution in [0.25, 0.3) is 0 Å². The van der Waals surface area contributed by atoms with Crippen LogP contribution < -0.4 is 4.90 Å². The van der Waals surface area contributed by atoms with Gasteiger partial charge in [0.2, 0.25) is 0 Å². The molecule has 0 aliphatic rings. The van der Waals surface area contributed by atoms with Crippen LogP contribution in [0.3, 0.4) is 0 Å². The Bertz CT molecular complexity index is 543. The number of hydrogen-bond acceptors (Lipinski definition) is 3. The molecule has 0 aliphatic heterocycles. The standard InChI is InChI=1S/C16H20ClN3/c1-3-7-14-15(17)18-12-19-16(14)20(2)11-10-13-8-5-4-6-9-13/h4-6,8-9,12H,3,7,10-11H2,1-2H3. The van der Waals surface area contributed by atoms with Gasteiger partial charge in [-0.3, -0.25) is 0 Å². The van der Waals surface area contributed by atoms with E-state index in [1.807, 2.05) is 6.07 Å². The average Bonchev–Trinajstić information content (AvgIpc) is 2.48. The summed E-state index contributed by atoms with van der Waals surface area (Å²) in [4.78, 5) is 10.6. The summed E-state index contributed by atoms with van der Waals surface area (Å²) in [5.41, 5.74) is 2.38. The summed E-state index contributed by atoms with van der Waals surface area (Å²) < 4.78 is 0. The number of benzene rings is 1. The van der Waals surface area contributed by atoms with E-state index in [0.717, 1.165) is 37.2 Å². The third kappa shape index (κ3) is 3.70. The van der Waals surface area contributed by atoms with Gasteiger partial charge in [-0.15, -0.1) is 0 Å². The molecule has 1 aromatic carbocycles. The molecule has 3 nitrogen and oxygen atoms in total. The summed E-state index contributed by atoms with van der Waals surface area (Å²) >= 11 is 6.19. The summed E-state index contributed by atoms with van der Waals surface area (Å²) in [6, 6.07) is 10.5. The van der Waals surface area contributed by atoms with E-state index in [1.165, 1.54) is 11.9 Å². The van der Waals surface area contributed by atoms with Crippen molar-refractivity contribution in [3.8, 4) is 0 Å². The van der Waals surface area contributed by atoms with Gasteiger partial charge in [0.1, 0.15) is 17.3 Å². The first kappa shape index (κ1) is 14.8. The second-order valence-electron chi connectivity index (χ2n) is 4.87. The summed E-state index contributed by atoms with van der Waals surface area (Å²) in [6.07, 6.45) is 4.47. The minimum Gasteiger partial charge on any atom is -0.359 e. The number of aromatic nitrogens is 2. The van der Waals surface area contributed by atoms with Crippen molar-refractivity contribution in [3.63, 3.8) is 0 Å². The second-order valence-corrected chi connectivity index (χ2v) is 5.23. The predicted octanol–water partition coefficient (Wildman–Crippen LogP) is 3.76. The van der Waals surface area contributed by atoms with Crippen molar-refractivity contribution >= 4 is 17.4 Å². The number of hydrogen-bond donors (Lipinski definition) is 0. The fraction of sp³-hybridized carbons (Fsp3) is 0.375. The smallest absolute Gasteiger partial charge is 0.137 e. The maximum Gasteiger partial charge on any atom is 0.137 e. The van der Waals surface area contributed by atoms with Crippen LogP contribution in [0, 0.1) is 0 Å². The third-order valence-corrected chi connectivity index (χ3v) is 3.64. The molecular formula is C16H20ClN3. The molecule has 0 unspecified atom stereocenters. The van der Waals surface area contributed by atoms with Gasteiger partial charge in [-0.2, -0.15) is 0 Å². The number of anilines is 1. The second kappa shape index (κ2) is 7.25. The van der Waals surface area contributed by atoms with Gasteiger partial charge in [0.15, 0.2) is 0 Å². The van der Waals surface area contributed by atoms with E-state index < -0.39 is 0 Å². The van der Waals surface area contributed by atoms with Crippen LogP contribution in [0.2, 0.25) is 5.15 Å². The van der Waals surface area contributed by atoms with Crippen molar-refractivity contribution in [2.75, 3.05) is 18.5 Å². The summed E-state index contributed by atoms with van der Waals surface area (Å²) in [5.74, 6) is 0.947. The predicted molar refractivity (Wildman–Crippen MR) is 84.5 cm³/mol. The molecule has 4 heteroatoms. The van der Waals surface area contributed by atoms with Gasteiger partial charge in [-0.1, -0.05) is 55.3 Å². The Morgan fingerprint density at radius 3 is 2.55 bits per heavy atom. The van der Waals surface area contributed by atoms with Crippen molar-refractivity contribution < 1.29 is 0 Å². The highest BCUT2D eigenvalue weighted by Gasteiger charge is 2.12. The van der Waals surface area contributed by atoms with Gasteiger partial charge in [-0.05, 0) is 18.4 Å². The van der Waals surface area contributed by atoms with Crippen LogP contribution in [-0.2, 0) is 12.8 Å². The fourth-order valence-electron chi connectivity index (χ4n) is 2.22. The van der Waals surface area contributed by atoms with Crippen LogP contribution >= 0.6 is 11.6 Å². The molecule has 2 aromatic rings. The molecule has 106 valence electrons. The molecule has 0 saturated heterocycles. The molecule has 1 heterocycles. The molecule has 0 amide bonds. The summed E-state index contributed by atoms with van der Waals surface area (Å²) in [5, 5.41) is 0.573. The van der Waals surface area contributed by atoms with Crippen molar-refractivity contribution in [2.24, 2.45) is 0 Å². The van der Waals surface area contributed by atoms with Gasteiger partial charge in [0.25, 0.3) is 0 Å². The van der Waals surface area contributed by atoms with Crippen LogP contribution in [0.4, 0.5) is 5.82 Å². The van der Waals surface area contributed by atoms with Crippen LogP contribution in [0.1, 0.15) is 24.5 Å². The van der Waals surface area contributed by atoms with E-state index in [0.29, 0.717) is 5.15 Å². The molecule has 0 N–H and O–H groups in total. The van der Waals surface area contributed by atoms with Crippen molar-refractivity contribution in [1.29, 1.82) is 0 Å². The van der Waals surface area contributed by atoms with Gasteiger partial charge in [-0.25, -0.2) is 9.97 Å². The van der Waals surface area contributed by atoms with Crippen LogP contribution in [-0.4, -0.2) is 23.6 Å². The Balaban J connectivity index is 2.09. The average molecular weight is 290 g/mol. The highest BCUT2D eigenvalue weighted by Crippen LogP contribution is 2.24. The lowest BCUT2D eigenvalue weighted by molar-refractivity contribution is 0.825. The maximum atomic E-state index is 6.19. The topological polar surface area (TPSA) is 29.0 Å². The van der Waals surface area contributed by atoms with Gasteiger partial charge in [0.05, 0.1) is 0 Å². The zero-order chi connectivity index (χ0) is 14.4. The largest absolute Gasteiger partial charge is 0.359 e. The van der Waals surface area contributed by atoms with Crippen molar-refractivity contribution in [1.82, 2.24) is 9.97 Å². The molecule has 2 rings (SSSR count). The first-order valence-electron chi connectivity index (χ1n) is 6.96. The van der Waals surface area contributed by atoms with Crippen LogP contribution in [0.5, 0.6) is 0 Å².